The molecule has 1 aromatic heterocycles. The number of hydrogen-bond acceptors (Lipinski definition) is 3. The Balaban J connectivity index is 1.53. The van der Waals surface area contributed by atoms with Gasteiger partial charge in [0.05, 0.1) is 12.2 Å². The summed E-state index contributed by atoms with van der Waals surface area (Å²) in [5.41, 5.74) is 4.20. The molecule has 1 aliphatic carbocycles. The average Bonchev–Trinajstić information content (AvgIpc) is 3.30. The largest absolute Gasteiger partial charge is 0.351 e. The SMILES string of the molecule is Cc1ccc(N2C(=O)c3cc(-c4ccc(C(C)C)cc4)nn3C[C@@]2(C)C(=O)NC2CCCCC2)cc1. The van der Waals surface area contributed by atoms with Crippen LogP contribution in [0.15, 0.2) is 54.6 Å². The van der Waals surface area contributed by atoms with Gasteiger partial charge in [0.25, 0.3) is 5.91 Å². The van der Waals surface area contributed by atoms with Crippen molar-refractivity contribution in [3.8, 4) is 11.3 Å². The molecule has 1 fully saturated rings. The molecule has 36 heavy (non-hydrogen) atoms. The van der Waals surface area contributed by atoms with Gasteiger partial charge in [-0.25, -0.2) is 0 Å². The van der Waals surface area contributed by atoms with Crippen molar-refractivity contribution in [1.29, 1.82) is 0 Å². The molecule has 6 nitrogen and oxygen atoms in total. The van der Waals surface area contributed by atoms with Gasteiger partial charge in [0.1, 0.15) is 11.2 Å². The summed E-state index contributed by atoms with van der Waals surface area (Å²) in [6, 6.07) is 18.2. The first-order valence-corrected chi connectivity index (χ1v) is 13.2. The first-order chi connectivity index (χ1) is 17.3. The standard InChI is InChI=1S/C30H36N4O2/c1-20(2)22-12-14-23(15-13-22)26-18-27-28(35)34(25-16-10-21(3)11-17-25)30(4,19-33(27)32-26)29(36)31-24-8-6-5-7-9-24/h10-18,20,24H,5-9,19H2,1-4H3,(H,31,36)/t30-/m0/s1. The van der Waals surface area contributed by atoms with Gasteiger partial charge in [-0.15, -0.1) is 0 Å². The van der Waals surface area contributed by atoms with Gasteiger partial charge in [-0.3, -0.25) is 19.2 Å². The van der Waals surface area contributed by atoms with Crippen LogP contribution in [-0.2, 0) is 11.3 Å². The number of carbonyl (C=O) groups is 2. The van der Waals surface area contributed by atoms with Crippen LogP contribution in [0.1, 0.15) is 80.4 Å². The number of fused-ring (bicyclic) bond motifs is 1. The third-order valence-electron chi connectivity index (χ3n) is 7.75. The molecule has 1 aliphatic heterocycles. The van der Waals surface area contributed by atoms with Crippen LogP contribution in [-0.4, -0.2) is 33.2 Å². The lowest BCUT2D eigenvalue weighted by Gasteiger charge is -2.44. The molecule has 2 heterocycles. The van der Waals surface area contributed by atoms with Crippen LogP contribution >= 0.6 is 0 Å². The number of rotatable bonds is 5. The number of nitrogens with zero attached hydrogens (tertiary/aromatic N) is 3. The smallest absolute Gasteiger partial charge is 0.277 e. The van der Waals surface area contributed by atoms with E-state index in [9.17, 15) is 9.59 Å². The second-order valence-corrected chi connectivity index (χ2v) is 10.9. The van der Waals surface area contributed by atoms with E-state index in [4.69, 9.17) is 5.10 Å². The van der Waals surface area contributed by atoms with Gasteiger partial charge in [0.15, 0.2) is 0 Å². The molecule has 0 radical (unpaired) electrons. The molecule has 0 unspecified atom stereocenters. The van der Waals surface area contributed by atoms with Gasteiger partial charge < -0.3 is 5.32 Å². The van der Waals surface area contributed by atoms with Gasteiger partial charge in [-0.2, -0.15) is 5.10 Å². The monoisotopic (exact) mass is 484 g/mol. The molecule has 0 saturated heterocycles. The first kappa shape index (κ1) is 24.3. The highest BCUT2D eigenvalue weighted by atomic mass is 16.2. The van der Waals surface area contributed by atoms with Crippen LogP contribution < -0.4 is 10.2 Å². The van der Waals surface area contributed by atoms with Crippen LogP contribution in [0.3, 0.4) is 0 Å². The van der Waals surface area contributed by atoms with Gasteiger partial charge in [0.2, 0.25) is 5.91 Å². The van der Waals surface area contributed by atoms with E-state index >= 15 is 0 Å². The lowest BCUT2D eigenvalue weighted by Crippen LogP contribution is -2.65. The summed E-state index contributed by atoms with van der Waals surface area (Å²) in [5.74, 6) is 0.124. The molecule has 1 saturated carbocycles. The van der Waals surface area contributed by atoms with Crippen molar-refractivity contribution in [3.63, 3.8) is 0 Å². The van der Waals surface area contributed by atoms with Crippen molar-refractivity contribution in [3.05, 3.63) is 71.4 Å². The molecule has 2 aromatic carbocycles. The van der Waals surface area contributed by atoms with Crippen LogP contribution in [0.25, 0.3) is 11.3 Å². The predicted molar refractivity (Wildman–Crippen MR) is 143 cm³/mol. The van der Waals surface area contributed by atoms with E-state index in [1.165, 1.54) is 12.0 Å². The maximum Gasteiger partial charge on any atom is 0.277 e. The molecular weight excluding hydrogens is 448 g/mol. The van der Waals surface area contributed by atoms with E-state index in [2.05, 4.69) is 43.4 Å². The third-order valence-corrected chi connectivity index (χ3v) is 7.75. The summed E-state index contributed by atoms with van der Waals surface area (Å²) in [4.78, 5) is 29.5. The highest BCUT2D eigenvalue weighted by Crippen LogP contribution is 2.35. The number of benzene rings is 2. The molecule has 0 spiro atoms. The van der Waals surface area contributed by atoms with Crippen LogP contribution in [0.4, 0.5) is 5.69 Å². The Hall–Kier alpha value is -3.41. The van der Waals surface area contributed by atoms with Crippen molar-refractivity contribution < 1.29 is 9.59 Å². The number of aryl methyl sites for hydroxylation is 1. The van der Waals surface area contributed by atoms with Crippen LogP contribution in [0.2, 0.25) is 0 Å². The highest BCUT2D eigenvalue weighted by molar-refractivity contribution is 6.12. The minimum absolute atomic E-state index is 0.118. The molecule has 0 bridgehead atoms. The molecule has 3 aromatic rings. The van der Waals surface area contributed by atoms with Crippen molar-refractivity contribution in [2.75, 3.05) is 4.90 Å². The van der Waals surface area contributed by atoms with Gasteiger partial charge in [-0.05, 0) is 56.4 Å². The minimum atomic E-state index is -1.10. The number of hydrogen-bond donors (Lipinski definition) is 1. The average molecular weight is 485 g/mol. The van der Waals surface area contributed by atoms with Crippen molar-refractivity contribution in [2.24, 2.45) is 0 Å². The van der Waals surface area contributed by atoms with Crippen LogP contribution in [0.5, 0.6) is 0 Å². The minimum Gasteiger partial charge on any atom is -0.351 e. The van der Waals surface area contributed by atoms with Gasteiger partial charge in [0, 0.05) is 17.3 Å². The summed E-state index contributed by atoms with van der Waals surface area (Å²) in [5, 5.41) is 8.07. The Morgan fingerprint density at radius 3 is 2.33 bits per heavy atom. The fourth-order valence-electron chi connectivity index (χ4n) is 5.45. The topological polar surface area (TPSA) is 67.2 Å². The lowest BCUT2D eigenvalue weighted by atomic mass is 9.91. The van der Waals surface area contributed by atoms with E-state index in [0.29, 0.717) is 18.2 Å². The van der Waals surface area contributed by atoms with E-state index in [1.807, 2.05) is 44.2 Å². The summed E-state index contributed by atoms with van der Waals surface area (Å²) >= 11 is 0. The highest BCUT2D eigenvalue weighted by Gasteiger charge is 2.49. The molecule has 2 amide bonds. The molecule has 6 heteroatoms. The Labute approximate surface area is 213 Å². The zero-order chi connectivity index (χ0) is 25.4. The summed E-state index contributed by atoms with van der Waals surface area (Å²) in [6.07, 6.45) is 5.46. The molecular formula is C30H36N4O2. The van der Waals surface area contributed by atoms with Gasteiger partial charge >= 0.3 is 0 Å². The Morgan fingerprint density at radius 2 is 1.69 bits per heavy atom. The quantitative estimate of drug-likeness (QED) is 0.494. The van der Waals surface area contributed by atoms with Crippen molar-refractivity contribution >= 4 is 17.5 Å². The molecule has 1 atom stereocenters. The third kappa shape index (κ3) is 4.45. The second-order valence-electron chi connectivity index (χ2n) is 10.9. The fraction of sp³-hybridized carbons (Fsp3) is 0.433. The van der Waals surface area contributed by atoms with Crippen molar-refractivity contribution in [1.82, 2.24) is 15.1 Å². The van der Waals surface area contributed by atoms with E-state index in [0.717, 1.165) is 48.2 Å². The Bertz CT molecular complexity index is 1250. The predicted octanol–water partition coefficient (Wildman–Crippen LogP) is 5.85. The number of amides is 2. The number of aromatic nitrogens is 2. The maximum absolute atomic E-state index is 14.0. The van der Waals surface area contributed by atoms with Gasteiger partial charge in [-0.1, -0.05) is 75.1 Å². The maximum atomic E-state index is 14.0. The van der Waals surface area contributed by atoms with E-state index < -0.39 is 5.54 Å². The summed E-state index contributed by atoms with van der Waals surface area (Å²) in [6.45, 7) is 8.52. The Morgan fingerprint density at radius 1 is 1.03 bits per heavy atom. The number of carbonyl (C=O) groups excluding carboxylic acids is 2. The zero-order valence-electron chi connectivity index (χ0n) is 21.8. The Kier molecular flexibility index (Phi) is 6.45. The number of anilines is 1. The van der Waals surface area contributed by atoms with Crippen molar-refractivity contribution in [2.45, 2.75) is 83.8 Å². The fourth-order valence-corrected chi connectivity index (χ4v) is 5.45. The summed E-state index contributed by atoms with van der Waals surface area (Å²) in [7, 11) is 0. The molecule has 1 N–H and O–H groups in total. The normalized spacial score (nSPS) is 20.5. The molecule has 188 valence electrons. The summed E-state index contributed by atoms with van der Waals surface area (Å²) < 4.78 is 1.72. The number of nitrogens with one attached hydrogen (secondary N) is 1. The second kappa shape index (κ2) is 9.57. The first-order valence-electron chi connectivity index (χ1n) is 13.2. The zero-order valence-corrected chi connectivity index (χ0v) is 21.8. The lowest BCUT2D eigenvalue weighted by molar-refractivity contribution is -0.127. The van der Waals surface area contributed by atoms with E-state index in [-0.39, 0.29) is 17.9 Å². The van der Waals surface area contributed by atoms with Crippen LogP contribution in [0, 0.1) is 6.92 Å². The molecule has 5 rings (SSSR count). The molecule has 2 aliphatic rings. The van der Waals surface area contributed by atoms with E-state index in [1.54, 1.807) is 9.58 Å².